The van der Waals surface area contributed by atoms with Crippen LogP contribution in [-0.4, -0.2) is 10.2 Å². The SMILES string of the molecule is CC(N)c1nnc(C(F)(F)F)o1. The number of nitrogens with two attached hydrogens (primary N) is 1. The second-order valence-electron chi connectivity index (χ2n) is 2.23. The predicted molar refractivity (Wildman–Crippen MR) is 31.9 cm³/mol. The second-order valence-corrected chi connectivity index (χ2v) is 2.23. The summed E-state index contributed by atoms with van der Waals surface area (Å²) in [6, 6.07) is -0.686. The van der Waals surface area contributed by atoms with Crippen LogP contribution in [0, 0.1) is 0 Å². The van der Waals surface area contributed by atoms with E-state index in [0.717, 1.165) is 0 Å². The van der Waals surface area contributed by atoms with Crippen molar-refractivity contribution in [2.75, 3.05) is 0 Å². The smallest absolute Gasteiger partial charge is 0.416 e. The number of alkyl halides is 3. The van der Waals surface area contributed by atoms with Crippen molar-refractivity contribution in [2.45, 2.75) is 19.1 Å². The predicted octanol–water partition coefficient (Wildman–Crippen LogP) is 1.11. The highest BCUT2D eigenvalue weighted by Gasteiger charge is 2.38. The minimum atomic E-state index is -4.60. The van der Waals surface area contributed by atoms with E-state index in [2.05, 4.69) is 14.6 Å². The van der Waals surface area contributed by atoms with E-state index in [1.807, 2.05) is 0 Å². The molecule has 0 aliphatic carbocycles. The van der Waals surface area contributed by atoms with E-state index in [-0.39, 0.29) is 5.89 Å². The van der Waals surface area contributed by atoms with Gasteiger partial charge in [-0.1, -0.05) is 0 Å². The molecule has 1 atom stereocenters. The molecule has 0 saturated carbocycles. The molecular formula is C5H6F3N3O. The molecule has 2 N–H and O–H groups in total. The Bertz CT molecular complexity index is 267. The van der Waals surface area contributed by atoms with Crippen molar-refractivity contribution in [1.29, 1.82) is 0 Å². The van der Waals surface area contributed by atoms with Crippen molar-refractivity contribution in [3.05, 3.63) is 11.8 Å². The number of hydrogen-bond acceptors (Lipinski definition) is 4. The van der Waals surface area contributed by atoms with Gasteiger partial charge in [0.1, 0.15) is 0 Å². The molecule has 0 aromatic carbocycles. The van der Waals surface area contributed by atoms with Crippen LogP contribution in [0.5, 0.6) is 0 Å². The molecule has 0 spiro atoms. The highest BCUT2D eigenvalue weighted by molar-refractivity contribution is 4.89. The summed E-state index contributed by atoms with van der Waals surface area (Å²) < 4.78 is 39.7. The molecule has 0 aliphatic rings. The highest BCUT2D eigenvalue weighted by atomic mass is 19.4. The quantitative estimate of drug-likeness (QED) is 0.704. The average molecular weight is 181 g/mol. The topological polar surface area (TPSA) is 64.9 Å². The van der Waals surface area contributed by atoms with Gasteiger partial charge in [-0.3, -0.25) is 0 Å². The summed E-state index contributed by atoms with van der Waals surface area (Å²) in [4.78, 5) is 0. The Kier molecular flexibility index (Phi) is 2.05. The molecule has 4 nitrogen and oxygen atoms in total. The molecule has 1 unspecified atom stereocenters. The largest absolute Gasteiger partial charge is 0.470 e. The zero-order valence-corrected chi connectivity index (χ0v) is 6.09. The number of aromatic nitrogens is 2. The Morgan fingerprint density at radius 1 is 1.42 bits per heavy atom. The minimum absolute atomic E-state index is 0.220. The van der Waals surface area contributed by atoms with Gasteiger partial charge in [0.25, 0.3) is 0 Å². The van der Waals surface area contributed by atoms with Gasteiger partial charge in [-0.25, -0.2) is 0 Å². The lowest BCUT2D eigenvalue weighted by Gasteiger charge is -1.98. The van der Waals surface area contributed by atoms with Crippen molar-refractivity contribution < 1.29 is 17.6 Å². The molecule has 68 valence electrons. The van der Waals surface area contributed by atoms with Crippen LogP contribution in [0.15, 0.2) is 4.42 Å². The Morgan fingerprint density at radius 3 is 2.25 bits per heavy atom. The first kappa shape index (κ1) is 8.98. The maximum Gasteiger partial charge on any atom is 0.470 e. The van der Waals surface area contributed by atoms with Gasteiger partial charge in [0.05, 0.1) is 6.04 Å². The van der Waals surface area contributed by atoms with E-state index < -0.39 is 18.1 Å². The number of rotatable bonds is 1. The monoisotopic (exact) mass is 181 g/mol. The molecule has 0 bridgehead atoms. The first-order valence-electron chi connectivity index (χ1n) is 3.07. The summed E-state index contributed by atoms with van der Waals surface area (Å²) >= 11 is 0. The van der Waals surface area contributed by atoms with Crippen LogP contribution in [0.1, 0.15) is 24.7 Å². The molecule has 1 rings (SSSR count). The Balaban J connectivity index is 2.92. The van der Waals surface area contributed by atoms with Gasteiger partial charge in [0.15, 0.2) is 0 Å². The first-order chi connectivity index (χ1) is 5.41. The van der Waals surface area contributed by atoms with Crippen molar-refractivity contribution >= 4 is 0 Å². The summed E-state index contributed by atoms with van der Waals surface area (Å²) in [6.07, 6.45) is -4.60. The van der Waals surface area contributed by atoms with Gasteiger partial charge in [0.2, 0.25) is 5.89 Å². The zero-order chi connectivity index (χ0) is 9.35. The van der Waals surface area contributed by atoms with Crippen LogP contribution in [0.25, 0.3) is 0 Å². The molecule has 0 radical (unpaired) electrons. The van der Waals surface area contributed by atoms with Gasteiger partial charge in [-0.15, -0.1) is 10.2 Å². The lowest BCUT2D eigenvalue weighted by molar-refractivity contribution is -0.157. The summed E-state index contributed by atoms with van der Waals surface area (Å²) in [5, 5.41) is 5.91. The second kappa shape index (κ2) is 2.74. The van der Waals surface area contributed by atoms with Crippen LogP contribution in [0.2, 0.25) is 0 Å². The summed E-state index contributed by atoms with van der Waals surface area (Å²) in [5.74, 6) is -1.59. The molecule has 0 amide bonds. The van der Waals surface area contributed by atoms with E-state index in [4.69, 9.17) is 5.73 Å². The average Bonchev–Trinajstić information content (AvgIpc) is 2.30. The fraction of sp³-hybridized carbons (Fsp3) is 0.600. The fourth-order valence-electron chi connectivity index (χ4n) is 0.533. The van der Waals surface area contributed by atoms with Crippen LogP contribution in [-0.2, 0) is 6.18 Å². The maximum absolute atomic E-state index is 11.8. The molecule has 0 saturated heterocycles. The van der Waals surface area contributed by atoms with Gasteiger partial charge in [-0.2, -0.15) is 13.2 Å². The number of hydrogen-bond donors (Lipinski definition) is 1. The number of nitrogens with zero attached hydrogens (tertiary/aromatic N) is 2. The van der Waals surface area contributed by atoms with Crippen LogP contribution >= 0.6 is 0 Å². The lowest BCUT2D eigenvalue weighted by atomic mass is 10.4. The third-order valence-electron chi connectivity index (χ3n) is 1.07. The molecule has 1 aromatic rings. The van der Waals surface area contributed by atoms with Gasteiger partial charge < -0.3 is 10.2 Å². The minimum Gasteiger partial charge on any atom is -0.416 e. The Morgan fingerprint density at radius 2 is 2.00 bits per heavy atom. The van der Waals surface area contributed by atoms with Crippen molar-refractivity contribution in [1.82, 2.24) is 10.2 Å². The fourth-order valence-corrected chi connectivity index (χ4v) is 0.533. The van der Waals surface area contributed by atoms with Crippen LogP contribution in [0.4, 0.5) is 13.2 Å². The van der Waals surface area contributed by atoms with Crippen LogP contribution in [0.3, 0.4) is 0 Å². The third kappa shape index (κ3) is 1.73. The van der Waals surface area contributed by atoms with Crippen molar-refractivity contribution in [2.24, 2.45) is 5.73 Å². The molecule has 0 fully saturated rings. The van der Waals surface area contributed by atoms with Crippen molar-refractivity contribution in [3.8, 4) is 0 Å². The summed E-state index contributed by atoms with van der Waals surface area (Å²) in [5.41, 5.74) is 5.21. The molecule has 1 heterocycles. The summed E-state index contributed by atoms with van der Waals surface area (Å²) in [6.45, 7) is 1.45. The zero-order valence-electron chi connectivity index (χ0n) is 6.09. The maximum atomic E-state index is 11.8. The van der Waals surface area contributed by atoms with Crippen LogP contribution < -0.4 is 5.73 Å². The normalized spacial score (nSPS) is 14.8. The molecule has 12 heavy (non-hydrogen) atoms. The van der Waals surface area contributed by atoms with Gasteiger partial charge in [0, 0.05) is 0 Å². The molecule has 1 aromatic heterocycles. The first-order valence-corrected chi connectivity index (χ1v) is 3.07. The van der Waals surface area contributed by atoms with E-state index in [1.165, 1.54) is 6.92 Å². The lowest BCUT2D eigenvalue weighted by Crippen LogP contribution is -2.06. The molecule has 7 heteroatoms. The molecule has 0 aliphatic heterocycles. The van der Waals surface area contributed by atoms with E-state index in [0.29, 0.717) is 0 Å². The number of halogens is 3. The van der Waals surface area contributed by atoms with E-state index in [9.17, 15) is 13.2 Å². The standard InChI is InChI=1S/C5H6F3N3O/c1-2(9)3-10-11-4(12-3)5(6,7)8/h2H,9H2,1H3. The third-order valence-corrected chi connectivity index (χ3v) is 1.07. The van der Waals surface area contributed by atoms with Crippen molar-refractivity contribution in [3.63, 3.8) is 0 Å². The molecular weight excluding hydrogens is 175 g/mol. The van der Waals surface area contributed by atoms with E-state index >= 15 is 0 Å². The van der Waals surface area contributed by atoms with Gasteiger partial charge in [-0.05, 0) is 6.92 Å². The Labute approximate surface area is 65.6 Å². The Hall–Kier alpha value is -1.11. The summed E-state index contributed by atoms with van der Waals surface area (Å²) in [7, 11) is 0. The highest BCUT2D eigenvalue weighted by Crippen LogP contribution is 2.28. The van der Waals surface area contributed by atoms with Gasteiger partial charge >= 0.3 is 12.1 Å². The van der Waals surface area contributed by atoms with E-state index in [1.54, 1.807) is 0 Å².